The summed E-state index contributed by atoms with van der Waals surface area (Å²) >= 11 is 4.73. The van der Waals surface area contributed by atoms with E-state index in [1.165, 1.54) is 23.5 Å². The Kier molecular flexibility index (Phi) is 6.00. The molecule has 3 rings (SSSR count). The van der Waals surface area contributed by atoms with Crippen LogP contribution in [-0.4, -0.2) is 17.5 Å². The molecule has 26 heavy (non-hydrogen) atoms. The third-order valence-electron chi connectivity index (χ3n) is 3.65. The molecule has 3 aromatic rings. The maximum absolute atomic E-state index is 13.0. The predicted octanol–water partition coefficient (Wildman–Crippen LogP) is 5.29. The van der Waals surface area contributed by atoms with E-state index in [-0.39, 0.29) is 18.3 Å². The van der Waals surface area contributed by atoms with Gasteiger partial charge in [-0.2, -0.15) is 0 Å². The molecule has 2 aromatic carbocycles. The molecule has 1 N–H and O–H groups in total. The second-order valence-corrected chi connectivity index (χ2v) is 7.26. The van der Waals surface area contributed by atoms with E-state index in [9.17, 15) is 9.18 Å². The van der Waals surface area contributed by atoms with Crippen molar-refractivity contribution in [3.63, 3.8) is 0 Å². The minimum Gasteiger partial charge on any atom is -0.483 e. The number of aromatic nitrogens is 1. The summed E-state index contributed by atoms with van der Waals surface area (Å²) in [5, 5.41) is 5.01. The number of benzene rings is 2. The monoisotopic (exact) mass is 434 g/mol. The van der Waals surface area contributed by atoms with E-state index in [1.54, 1.807) is 12.1 Å². The molecule has 0 aliphatic carbocycles. The number of amides is 1. The first-order valence-corrected chi connectivity index (χ1v) is 9.65. The normalized spacial score (nSPS) is 10.6. The summed E-state index contributed by atoms with van der Waals surface area (Å²) in [5.41, 5.74) is 2.51. The van der Waals surface area contributed by atoms with Gasteiger partial charge in [0.2, 0.25) is 0 Å². The van der Waals surface area contributed by atoms with Crippen LogP contribution < -0.4 is 10.1 Å². The molecule has 4 nitrogen and oxygen atoms in total. The first-order valence-electron chi connectivity index (χ1n) is 7.97. The fourth-order valence-electron chi connectivity index (χ4n) is 2.35. The van der Waals surface area contributed by atoms with E-state index in [0.29, 0.717) is 16.6 Å². The van der Waals surface area contributed by atoms with Crippen LogP contribution in [0.25, 0.3) is 11.3 Å². The molecule has 0 aliphatic rings. The van der Waals surface area contributed by atoms with E-state index in [1.807, 2.05) is 30.5 Å². The van der Waals surface area contributed by atoms with Crippen molar-refractivity contribution in [2.24, 2.45) is 0 Å². The van der Waals surface area contributed by atoms with Crippen LogP contribution in [0.5, 0.6) is 5.75 Å². The van der Waals surface area contributed by atoms with Gasteiger partial charge in [-0.1, -0.05) is 22.9 Å². The predicted molar refractivity (Wildman–Crippen MR) is 105 cm³/mol. The molecule has 0 spiro atoms. The Morgan fingerprint density at radius 3 is 2.77 bits per heavy atom. The minimum absolute atomic E-state index is 0.0971. The Hall–Kier alpha value is -2.25. The fourth-order valence-corrected chi connectivity index (χ4v) is 3.49. The van der Waals surface area contributed by atoms with Gasteiger partial charge in [0.05, 0.1) is 5.69 Å². The van der Waals surface area contributed by atoms with Crippen LogP contribution in [0.2, 0.25) is 0 Å². The third kappa shape index (κ3) is 4.68. The maximum atomic E-state index is 13.0. The van der Waals surface area contributed by atoms with Crippen molar-refractivity contribution in [3.05, 3.63) is 63.7 Å². The molecule has 0 atom stereocenters. The number of hydrogen-bond donors (Lipinski definition) is 1. The van der Waals surface area contributed by atoms with Gasteiger partial charge in [-0.3, -0.25) is 10.1 Å². The number of anilines is 1. The summed E-state index contributed by atoms with van der Waals surface area (Å²) in [7, 11) is 0. The van der Waals surface area contributed by atoms with Gasteiger partial charge in [0, 0.05) is 15.4 Å². The first kappa shape index (κ1) is 18.5. The van der Waals surface area contributed by atoms with Gasteiger partial charge in [0.25, 0.3) is 5.91 Å². The zero-order valence-corrected chi connectivity index (χ0v) is 16.4. The Morgan fingerprint density at radius 1 is 1.27 bits per heavy atom. The third-order valence-corrected chi connectivity index (χ3v) is 4.90. The number of aryl methyl sites for hydroxylation is 1. The second-order valence-electron chi connectivity index (χ2n) is 5.49. The first-order chi connectivity index (χ1) is 12.5. The van der Waals surface area contributed by atoms with Gasteiger partial charge < -0.3 is 4.74 Å². The van der Waals surface area contributed by atoms with Crippen LogP contribution in [0.3, 0.4) is 0 Å². The van der Waals surface area contributed by atoms with Crippen LogP contribution >= 0.6 is 27.3 Å². The largest absolute Gasteiger partial charge is 0.483 e. The van der Waals surface area contributed by atoms with Crippen molar-refractivity contribution in [1.29, 1.82) is 0 Å². The van der Waals surface area contributed by atoms with E-state index < -0.39 is 0 Å². The highest BCUT2D eigenvalue weighted by molar-refractivity contribution is 9.10. The van der Waals surface area contributed by atoms with Crippen LogP contribution in [0, 0.1) is 5.82 Å². The number of thiazole rings is 1. The molecular formula is C19H16BrFN2O2S. The number of nitrogens with zero attached hydrogens (tertiary/aromatic N) is 1. The minimum atomic E-state index is -0.297. The van der Waals surface area contributed by atoms with Crippen molar-refractivity contribution >= 4 is 38.3 Å². The molecule has 0 aliphatic heterocycles. The zero-order chi connectivity index (χ0) is 18.5. The van der Waals surface area contributed by atoms with Crippen molar-refractivity contribution in [2.45, 2.75) is 13.3 Å². The number of halogens is 2. The molecule has 0 saturated carbocycles. The number of rotatable bonds is 6. The van der Waals surface area contributed by atoms with Crippen molar-refractivity contribution in [1.82, 2.24) is 4.98 Å². The lowest BCUT2D eigenvalue weighted by atomic mass is 10.1. The number of carbonyl (C=O) groups excluding carboxylic acids is 1. The summed E-state index contributed by atoms with van der Waals surface area (Å²) in [5.74, 6) is 0.112. The Balaban J connectivity index is 1.60. The summed E-state index contributed by atoms with van der Waals surface area (Å²) < 4.78 is 19.6. The van der Waals surface area contributed by atoms with E-state index in [4.69, 9.17) is 4.74 Å². The van der Waals surface area contributed by atoms with Crippen LogP contribution in [0.1, 0.15) is 12.5 Å². The molecule has 0 bridgehead atoms. The lowest BCUT2D eigenvalue weighted by Gasteiger charge is -2.10. The van der Waals surface area contributed by atoms with E-state index >= 15 is 0 Å². The number of carbonyl (C=O) groups is 1. The molecular weight excluding hydrogens is 419 g/mol. The highest BCUT2D eigenvalue weighted by atomic mass is 79.9. The van der Waals surface area contributed by atoms with Gasteiger partial charge in [-0.05, 0) is 54.4 Å². The fraction of sp³-hybridized carbons (Fsp3) is 0.158. The smallest absolute Gasteiger partial charge is 0.264 e. The molecule has 1 aromatic heterocycles. The lowest BCUT2D eigenvalue weighted by molar-refractivity contribution is -0.118. The molecule has 0 fully saturated rings. The molecule has 1 heterocycles. The van der Waals surface area contributed by atoms with Crippen molar-refractivity contribution in [2.75, 3.05) is 11.9 Å². The molecule has 7 heteroatoms. The summed E-state index contributed by atoms with van der Waals surface area (Å²) in [6.07, 6.45) is 0.809. The molecule has 0 unspecified atom stereocenters. The molecule has 0 radical (unpaired) electrons. The topological polar surface area (TPSA) is 51.2 Å². The highest BCUT2D eigenvalue weighted by Gasteiger charge is 2.10. The molecule has 1 amide bonds. The zero-order valence-electron chi connectivity index (χ0n) is 14.0. The summed E-state index contributed by atoms with van der Waals surface area (Å²) in [4.78, 5) is 16.5. The van der Waals surface area contributed by atoms with Gasteiger partial charge in [0.1, 0.15) is 11.6 Å². The molecule has 0 saturated heterocycles. The highest BCUT2D eigenvalue weighted by Crippen LogP contribution is 2.26. The number of hydrogen-bond acceptors (Lipinski definition) is 4. The van der Waals surface area contributed by atoms with Gasteiger partial charge in [-0.15, -0.1) is 11.3 Å². The second kappa shape index (κ2) is 8.42. The SMILES string of the molecule is CCc1cc(Br)ccc1OCC(=O)Nc1nc(-c2ccc(F)cc2)cs1. The number of ether oxygens (including phenoxy) is 1. The van der Waals surface area contributed by atoms with Gasteiger partial charge >= 0.3 is 0 Å². The van der Waals surface area contributed by atoms with Crippen LogP contribution in [-0.2, 0) is 11.2 Å². The summed E-state index contributed by atoms with van der Waals surface area (Å²) in [6.45, 7) is 1.93. The Labute approximate surface area is 163 Å². The maximum Gasteiger partial charge on any atom is 0.264 e. The average molecular weight is 435 g/mol. The lowest BCUT2D eigenvalue weighted by Crippen LogP contribution is -2.20. The van der Waals surface area contributed by atoms with Gasteiger partial charge in [-0.25, -0.2) is 9.37 Å². The summed E-state index contributed by atoms with van der Waals surface area (Å²) in [6, 6.07) is 11.8. The van der Waals surface area contributed by atoms with Crippen LogP contribution in [0.15, 0.2) is 52.3 Å². The van der Waals surface area contributed by atoms with Crippen LogP contribution in [0.4, 0.5) is 9.52 Å². The Bertz CT molecular complexity index is 912. The van der Waals surface area contributed by atoms with E-state index in [2.05, 4.69) is 26.2 Å². The average Bonchev–Trinajstić information content (AvgIpc) is 3.09. The quantitative estimate of drug-likeness (QED) is 0.573. The van der Waals surface area contributed by atoms with Crippen molar-refractivity contribution < 1.29 is 13.9 Å². The Morgan fingerprint density at radius 2 is 2.04 bits per heavy atom. The van der Waals surface area contributed by atoms with Gasteiger partial charge in [0.15, 0.2) is 11.7 Å². The number of nitrogens with one attached hydrogen (secondary N) is 1. The standard InChI is InChI=1S/C19H16BrFN2O2S/c1-2-12-9-14(20)5-8-17(12)25-10-18(24)23-19-22-16(11-26-19)13-3-6-15(21)7-4-13/h3-9,11H,2,10H2,1H3,(H,22,23,24). The van der Waals surface area contributed by atoms with E-state index in [0.717, 1.165) is 22.0 Å². The molecule has 134 valence electrons. The van der Waals surface area contributed by atoms with Crippen molar-refractivity contribution in [3.8, 4) is 17.0 Å².